The van der Waals surface area contributed by atoms with Crippen molar-refractivity contribution in [3.8, 4) is 0 Å². The van der Waals surface area contributed by atoms with Gasteiger partial charge in [0.25, 0.3) is 0 Å². The molecule has 3 nitrogen and oxygen atoms in total. The van der Waals surface area contributed by atoms with Crippen LogP contribution in [-0.2, 0) is 6.42 Å². The van der Waals surface area contributed by atoms with Crippen LogP contribution in [0.3, 0.4) is 0 Å². The van der Waals surface area contributed by atoms with Gasteiger partial charge in [0.1, 0.15) is 0 Å². The number of nitrogens with one attached hydrogen (secondary N) is 2. The van der Waals surface area contributed by atoms with Crippen LogP contribution < -0.4 is 10.6 Å². The Morgan fingerprint density at radius 3 is 2.62 bits per heavy atom. The molecule has 1 aromatic rings. The molecule has 0 aliphatic carbocycles. The molecule has 1 aromatic carbocycles. The lowest BCUT2D eigenvalue weighted by Gasteiger charge is -2.05. The van der Waals surface area contributed by atoms with Gasteiger partial charge < -0.3 is 10.6 Å². The topological polar surface area (TPSA) is 41.1 Å². The second-order valence-electron chi connectivity index (χ2n) is 3.30. The highest BCUT2D eigenvalue weighted by Crippen LogP contribution is 2.09. The average molecular weight is 239 g/mol. The van der Waals surface area contributed by atoms with E-state index >= 15 is 0 Å². The molecule has 0 radical (unpaired) electrons. The summed E-state index contributed by atoms with van der Waals surface area (Å²) in [7, 11) is 0. The van der Waals surface area contributed by atoms with Gasteiger partial charge in [0.05, 0.1) is 0 Å². The molecule has 0 saturated carbocycles. The summed E-state index contributed by atoms with van der Waals surface area (Å²) in [5, 5.41) is 6.11. The van der Waals surface area contributed by atoms with Crippen molar-refractivity contribution in [1.29, 1.82) is 0 Å². The molecule has 0 aliphatic heterocycles. The Bertz CT molecular complexity index is 349. The quantitative estimate of drug-likeness (QED) is 0.760. The van der Waals surface area contributed by atoms with Crippen LogP contribution in [0.1, 0.15) is 5.56 Å². The summed E-state index contributed by atoms with van der Waals surface area (Å²) >= 11 is 5.76. The molecule has 0 spiro atoms. The van der Waals surface area contributed by atoms with Gasteiger partial charge in [-0.3, -0.25) is 0 Å². The average Bonchev–Trinajstić information content (AvgIpc) is 2.29. The minimum atomic E-state index is -0.172. The van der Waals surface area contributed by atoms with Gasteiger partial charge in [-0.1, -0.05) is 29.8 Å². The van der Waals surface area contributed by atoms with Crippen LogP contribution in [0, 0.1) is 0 Å². The first-order valence-electron chi connectivity index (χ1n) is 5.09. The molecule has 16 heavy (non-hydrogen) atoms. The summed E-state index contributed by atoms with van der Waals surface area (Å²) in [6.07, 6.45) is 2.43. The van der Waals surface area contributed by atoms with E-state index in [0.29, 0.717) is 13.1 Å². The number of amides is 2. The van der Waals surface area contributed by atoms with Crippen molar-refractivity contribution >= 4 is 17.6 Å². The van der Waals surface area contributed by atoms with Gasteiger partial charge in [-0.05, 0) is 24.1 Å². The maximum absolute atomic E-state index is 11.2. The molecular formula is C12H15ClN2O. The van der Waals surface area contributed by atoms with E-state index in [-0.39, 0.29) is 6.03 Å². The van der Waals surface area contributed by atoms with E-state index < -0.39 is 0 Å². The highest BCUT2D eigenvalue weighted by atomic mass is 35.5. The van der Waals surface area contributed by atoms with Gasteiger partial charge in [-0.25, -0.2) is 4.79 Å². The van der Waals surface area contributed by atoms with Crippen molar-refractivity contribution in [2.24, 2.45) is 0 Å². The lowest BCUT2D eigenvalue weighted by molar-refractivity contribution is 0.242. The second-order valence-corrected chi connectivity index (χ2v) is 3.74. The lowest BCUT2D eigenvalue weighted by Crippen LogP contribution is -2.36. The number of carbonyl (C=O) groups excluding carboxylic acids is 1. The smallest absolute Gasteiger partial charge is 0.315 e. The minimum absolute atomic E-state index is 0.172. The Morgan fingerprint density at radius 1 is 1.31 bits per heavy atom. The van der Waals surface area contributed by atoms with E-state index in [1.54, 1.807) is 6.08 Å². The van der Waals surface area contributed by atoms with Crippen molar-refractivity contribution < 1.29 is 4.79 Å². The number of halogens is 1. The zero-order valence-electron chi connectivity index (χ0n) is 9.00. The van der Waals surface area contributed by atoms with Crippen LogP contribution in [0.5, 0.6) is 0 Å². The van der Waals surface area contributed by atoms with Gasteiger partial charge in [-0.2, -0.15) is 0 Å². The van der Waals surface area contributed by atoms with Crippen LogP contribution in [0.15, 0.2) is 36.9 Å². The number of carbonyl (C=O) groups is 1. The third kappa shape index (κ3) is 4.84. The Hall–Kier alpha value is -1.48. The molecule has 0 fully saturated rings. The molecule has 4 heteroatoms. The molecule has 0 atom stereocenters. The molecule has 2 N–H and O–H groups in total. The van der Waals surface area contributed by atoms with Crippen LogP contribution >= 0.6 is 11.6 Å². The van der Waals surface area contributed by atoms with Crippen molar-refractivity contribution in [2.75, 3.05) is 13.1 Å². The lowest BCUT2D eigenvalue weighted by atomic mass is 10.1. The van der Waals surface area contributed by atoms with Gasteiger partial charge >= 0.3 is 6.03 Å². The molecule has 0 saturated heterocycles. The predicted octanol–water partition coefficient (Wildman–Crippen LogP) is 2.37. The first-order chi connectivity index (χ1) is 7.72. The summed E-state index contributed by atoms with van der Waals surface area (Å²) in [6.45, 7) is 4.59. The summed E-state index contributed by atoms with van der Waals surface area (Å²) < 4.78 is 0. The van der Waals surface area contributed by atoms with E-state index in [9.17, 15) is 4.79 Å². The van der Waals surface area contributed by atoms with Crippen LogP contribution in [0.2, 0.25) is 5.02 Å². The molecule has 0 aliphatic rings. The summed E-state index contributed by atoms with van der Waals surface area (Å²) in [5.74, 6) is 0. The first-order valence-corrected chi connectivity index (χ1v) is 5.47. The third-order valence-corrected chi connectivity index (χ3v) is 2.27. The van der Waals surface area contributed by atoms with Crippen LogP contribution in [-0.4, -0.2) is 19.1 Å². The van der Waals surface area contributed by atoms with Crippen LogP contribution in [0.4, 0.5) is 4.79 Å². The Kier molecular flexibility index (Phi) is 5.43. The molecule has 0 heterocycles. The summed E-state index contributed by atoms with van der Waals surface area (Å²) in [5.41, 5.74) is 1.15. The Labute approximate surface area is 100 Å². The van der Waals surface area contributed by atoms with Crippen molar-refractivity contribution in [2.45, 2.75) is 6.42 Å². The van der Waals surface area contributed by atoms with Gasteiger partial charge in [0, 0.05) is 18.1 Å². The second kappa shape index (κ2) is 6.90. The van der Waals surface area contributed by atoms with Gasteiger partial charge in [0.2, 0.25) is 0 Å². The molecule has 1 rings (SSSR count). The number of urea groups is 1. The fourth-order valence-corrected chi connectivity index (χ4v) is 1.32. The third-order valence-electron chi connectivity index (χ3n) is 2.02. The van der Waals surface area contributed by atoms with E-state index in [0.717, 1.165) is 17.0 Å². The predicted molar refractivity (Wildman–Crippen MR) is 66.8 cm³/mol. The zero-order valence-corrected chi connectivity index (χ0v) is 9.76. The maximum atomic E-state index is 11.2. The standard InChI is InChI=1S/C12H15ClN2O/c1-2-8-14-12(16)15-9-7-10-3-5-11(13)6-4-10/h2-6H,1,7-9H2,(H2,14,15,16). The first kappa shape index (κ1) is 12.6. The number of hydrogen-bond acceptors (Lipinski definition) is 1. The van der Waals surface area contributed by atoms with E-state index in [1.807, 2.05) is 24.3 Å². The fraction of sp³-hybridized carbons (Fsp3) is 0.250. The summed E-state index contributed by atoms with van der Waals surface area (Å²) in [4.78, 5) is 11.2. The maximum Gasteiger partial charge on any atom is 0.315 e. The molecule has 0 unspecified atom stereocenters. The molecule has 0 aromatic heterocycles. The van der Waals surface area contributed by atoms with Crippen molar-refractivity contribution in [3.63, 3.8) is 0 Å². The largest absolute Gasteiger partial charge is 0.338 e. The fourth-order valence-electron chi connectivity index (χ4n) is 1.20. The van der Waals surface area contributed by atoms with E-state index in [2.05, 4.69) is 17.2 Å². The highest BCUT2D eigenvalue weighted by molar-refractivity contribution is 6.30. The minimum Gasteiger partial charge on any atom is -0.338 e. The normalized spacial score (nSPS) is 9.56. The van der Waals surface area contributed by atoms with Gasteiger partial charge in [-0.15, -0.1) is 6.58 Å². The Balaban J connectivity index is 2.22. The molecule has 2 amide bonds. The number of rotatable bonds is 5. The van der Waals surface area contributed by atoms with Crippen LogP contribution in [0.25, 0.3) is 0 Å². The van der Waals surface area contributed by atoms with Gasteiger partial charge in [0.15, 0.2) is 0 Å². The highest BCUT2D eigenvalue weighted by Gasteiger charge is 1.97. The summed E-state index contributed by atoms with van der Waals surface area (Å²) in [6, 6.07) is 7.41. The monoisotopic (exact) mass is 238 g/mol. The molecule has 0 bridgehead atoms. The SMILES string of the molecule is C=CCNC(=O)NCCc1ccc(Cl)cc1. The zero-order chi connectivity index (χ0) is 11.8. The van der Waals surface area contributed by atoms with Crippen molar-refractivity contribution in [1.82, 2.24) is 10.6 Å². The Morgan fingerprint density at radius 2 is 2.00 bits per heavy atom. The number of hydrogen-bond donors (Lipinski definition) is 2. The molecular weight excluding hydrogens is 224 g/mol. The number of benzene rings is 1. The molecule has 86 valence electrons. The van der Waals surface area contributed by atoms with E-state index in [1.165, 1.54) is 0 Å². The van der Waals surface area contributed by atoms with E-state index in [4.69, 9.17) is 11.6 Å². The van der Waals surface area contributed by atoms with Crippen molar-refractivity contribution in [3.05, 3.63) is 47.5 Å².